The standard InChI is InChI=1S/C18H18N2O3S/c1-3-20-13-17(18(21)15-11-7-8-12-16(15)20)24(22,23)19(2)14-9-5-4-6-10-14/h4-13H,3H2,1-2H3. The van der Waals surface area contributed by atoms with Gasteiger partial charge in [-0.2, -0.15) is 0 Å². The molecule has 0 fully saturated rings. The minimum Gasteiger partial charge on any atom is -0.346 e. The average molecular weight is 342 g/mol. The molecule has 0 radical (unpaired) electrons. The first-order valence-electron chi connectivity index (χ1n) is 7.63. The summed E-state index contributed by atoms with van der Waals surface area (Å²) in [5.41, 5.74) is 0.762. The Morgan fingerprint density at radius 3 is 2.29 bits per heavy atom. The third-order valence-corrected chi connectivity index (χ3v) is 5.83. The molecule has 0 aliphatic rings. The largest absolute Gasteiger partial charge is 0.346 e. The van der Waals surface area contributed by atoms with E-state index in [0.29, 0.717) is 17.6 Å². The van der Waals surface area contributed by atoms with Crippen LogP contribution in [0.3, 0.4) is 0 Å². The monoisotopic (exact) mass is 342 g/mol. The number of fused-ring (bicyclic) bond motifs is 1. The van der Waals surface area contributed by atoms with Gasteiger partial charge < -0.3 is 4.57 Å². The summed E-state index contributed by atoms with van der Waals surface area (Å²) < 4.78 is 28.9. The van der Waals surface area contributed by atoms with E-state index in [1.54, 1.807) is 41.0 Å². The molecule has 0 spiro atoms. The van der Waals surface area contributed by atoms with Gasteiger partial charge in [0.15, 0.2) is 4.90 Å². The molecule has 3 aromatic rings. The first-order chi connectivity index (χ1) is 11.5. The lowest BCUT2D eigenvalue weighted by Gasteiger charge is -2.20. The predicted molar refractivity (Wildman–Crippen MR) is 95.9 cm³/mol. The fourth-order valence-electron chi connectivity index (χ4n) is 2.69. The molecule has 0 saturated heterocycles. The normalized spacial score (nSPS) is 11.6. The van der Waals surface area contributed by atoms with Gasteiger partial charge in [0.2, 0.25) is 5.43 Å². The van der Waals surface area contributed by atoms with Gasteiger partial charge in [-0.05, 0) is 31.2 Å². The van der Waals surface area contributed by atoms with Gasteiger partial charge in [-0.1, -0.05) is 30.3 Å². The maximum atomic E-state index is 13.0. The number of rotatable bonds is 4. The summed E-state index contributed by atoms with van der Waals surface area (Å²) in [4.78, 5) is 12.5. The van der Waals surface area contributed by atoms with Crippen LogP contribution in [-0.4, -0.2) is 20.0 Å². The number of hydrogen-bond acceptors (Lipinski definition) is 3. The SMILES string of the molecule is CCn1cc(S(=O)(=O)N(C)c2ccccc2)c(=O)c2ccccc21. The van der Waals surface area contributed by atoms with Crippen LogP contribution in [0.5, 0.6) is 0 Å². The highest BCUT2D eigenvalue weighted by Gasteiger charge is 2.26. The predicted octanol–water partition coefficient (Wildman–Crippen LogP) is 2.85. The van der Waals surface area contributed by atoms with Gasteiger partial charge in [-0.3, -0.25) is 9.10 Å². The molecule has 0 saturated carbocycles. The number of nitrogens with zero attached hydrogens (tertiary/aromatic N) is 2. The number of benzene rings is 2. The van der Waals surface area contributed by atoms with Crippen molar-refractivity contribution in [3.05, 3.63) is 71.0 Å². The van der Waals surface area contributed by atoms with Crippen molar-refractivity contribution in [1.29, 1.82) is 0 Å². The Bertz CT molecular complexity index is 1040. The lowest BCUT2D eigenvalue weighted by molar-refractivity contribution is 0.592. The first kappa shape index (κ1) is 16.3. The maximum Gasteiger partial charge on any atom is 0.269 e. The zero-order valence-electron chi connectivity index (χ0n) is 13.5. The molecule has 1 heterocycles. The minimum atomic E-state index is -3.95. The molecular weight excluding hydrogens is 324 g/mol. The number of sulfonamides is 1. The molecule has 5 nitrogen and oxygen atoms in total. The molecule has 3 rings (SSSR count). The van der Waals surface area contributed by atoms with E-state index < -0.39 is 15.5 Å². The minimum absolute atomic E-state index is 0.214. The van der Waals surface area contributed by atoms with Crippen LogP contribution < -0.4 is 9.73 Å². The number of aromatic nitrogens is 1. The zero-order chi connectivity index (χ0) is 17.3. The fourth-order valence-corrected chi connectivity index (χ4v) is 3.99. The lowest BCUT2D eigenvalue weighted by Crippen LogP contribution is -2.31. The number of anilines is 1. The molecule has 0 unspecified atom stereocenters. The van der Waals surface area contributed by atoms with E-state index in [1.165, 1.54) is 13.2 Å². The van der Waals surface area contributed by atoms with E-state index in [9.17, 15) is 13.2 Å². The van der Waals surface area contributed by atoms with E-state index in [-0.39, 0.29) is 4.90 Å². The van der Waals surface area contributed by atoms with E-state index in [4.69, 9.17) is 0 Å². The van der Waals surface area contributed by atoms with Crippen LogP contribution in [0.25, 0.3) is 10.9 Å². The molecule has 124 valence electrons. The second-order valence-electron chi connectivity index (χ2n) is 5.43. The summed E-state index contributed by atoms with van der Waals surface area (Å²) in [6.07, 6.45) is 1.43. The molecule has 0 aliphatic carbocycles. The molecule has 6 heteroatoms. The average Bonchev–Trinajstić information content (AvgIpc) is 2.62. The molecule has 0 aliphatic heterocycles. The third kappa shape index (κ3) is 2.59. The van der Waals surface area contributed by atoms with E-state index in [1.807, 2.05) is 25.1 Å². The van der Waals surface area contributed by atoms with Gasteiger partial charge in [-0.25, -0.2) is 8.42 Å². The van der Waals surface area contributed by atoms with E-state index in [0.717, 1.165) is 9.82 Å². The van der Waals surface area contributed by atoms with Gasteiger partial charge in [0.05, 0.1) is 11.2 Å². The highest BCUT2D eigenvalue weighted by atomic mass is 32.2. The summed E-state index contributed by atoms with van der Waals surface area (Å²) >= 11 is 0. The smallest absolute Gasteiger partial charge is 0.269 e. The second-order valence-corrected chi connectivity index (χ2v) is 7.37. The quantitative estimate of drug-likeness (QED) is 0.732. The fraction of sp³-hybridized carbons (Fsp3) is 0.167. The van der Waals surface area contributed by atoms with Crippen molar-refractivity contribution in [1.82, 2.24) is 4.57 Å². The first-order valence-corrected chi connectivity index (χ1v) is 9.07. The number of pyridine rings is 1. The molecule has 0 atom stereocenters. The van der Waals surface area contributed by atoms with Crippen LogP contribution in [-0.2, 0) is 16.6 Å². The van der Waals surface area contributed by atoms with Crippen LogP contribution in [0.4, 0.5) is 5.69 Å². The zero-order valence-corrected chi connectivity index (χ0v) is 14.3. The topological polar surface area (TPSA) is 59.4 Å². The lowest BCUT2D eigenvalue weighted by atomic mass is 10.2. The van der Waals surface area contributed by atoms with Crippen LogP contribution >= 0.6 is 0 Å². The number of hydrogen-bond donors (Lipinski definition) is 0. The molecule has 2 aromatic carbocycles. The van der Waals surface area contributed by atoms with Crippen LogP contribution in [0.2, 0.25) is 0 Å². The number of aryl methyl sites for hydroxylation is 1. The van der Waals surface area contributed by atoms with Gasteiger partial charge in [-0.15, -0.1) is 0 Å². The van der Waals surface area contributed by atoms with Gasteiger partial charge >= 0.3 is 0 Å². The molecule has 0 amide bonds. The Morgan fingerprint density at radius 1 is 1.00 bits per heavy atom. The Hall–Kier alpha value is -2.60. The Morgan fingerprint density at radius 2 is 1.62 bits per heavy atom. The summed E-state index contributed by atoms with van der Waals surface area (Å²) in [6, 6.07) is 15.7. The molecule has 24 heavy (non-hydrogen) atoms. The van der Waals surface area contributed by atoms with Crippen molar-refractivity contribution >= 4 is 26.6 Å². The molecular formula is C18H18N2O3S. The highest BCUT2D eigenvalue weighted by molar-refractivity contribution is 7.92. The summed E-state index contributed by atoms with van der Waals surface area (Å²) in [7, 11) is -2.49. The highest BCUT2D eigenvalue weighted by Crippen LogP contribution is 2.21. The van der Waals surface area contributed by atoms with Gasteiger partial charge in [0.1, 0.15) is 0 Å². The van der Waals surface area contributed by atoms with Crippen LogP contribution in [0.1, 0.15) is 6.92 Å². The Balaban J connectivity index is 2.25. The summed E-state index contributed by atoms with van der Waals surface area (Å²) in [5.74, 6) is 0. The van der Waals surface area contributed by atoms with Gasteiger partial charge in [0, 0.05) is 25.2 Å². The number of para-hydroxylation sites is 2. The van der Waals surface area contributed by atoms with Crippen LogP contribution in [0.15, 0.2) is 70.5 Å². The van der Waals surface area contributed by atoms with Gasteiger partial charge in [0.25, 0.3) is 10.0 Å². The molecule has 0 bridgehead atoms. The Labute approximate surface area is 140 Å². The van der Waals surface area contributed by atoms with Crippen molar-refractivity contribution < 1.29 is 8.42 Å². The van der Waals surface area contributed by atoms with Crippen LogP contribution in [0, 0.1) is 0 Å². The maximum absolute atomic E-state index is 13.0. The van der Waals surface area contributed by atoms with E-state index in [2.05, 4.69) is 0 Å². The van der Waals surface area contributed by atoms with Crippen molar-refractivity contribution in [3.63, 3.8) is 0 Å². The van der Waals surface area contributed by atoms with Crippen molar-refractivity contribution in [2.24, 2.45) is 0 Å². The summed E-state index contributed by atoms with van der Waals surface area (Å²) in [5, 5.41) is 0.405. The van der Waals surface area contributed by atoms with E-state index >= 15 is 0 Å². The molecule has 0 N–H and O–H groups in total. The third-order valence-electron chi connectivity index (χ3n) is 4.05. The molecule has 1 aromatic heterocycles. The van der Waals surface area contributed by atoms with Crippen molar-refractivity contribution in [2.75, 3.05) is 11.4 Å². The second kappa shape index (κ2) is 6.13. The van der Waals surface area contributed by atoms with Crippen molar-refractivity contribution in [2.45, 2.75) is 18.4 Å². The Kier molecular flexibility index (Phi) is 4.15. The summed E-state index contributed by atoms with van der Waals surface area (Å²) in [6.45, 7) is 2.48. The van der Waals surface area contributed by atoms with Crippen molar-refractivity contribution in [3.8, 4) is 0 Å².